The molecule has 7 heteroatoms. The molecule has 1 aromatic heterocycles. The number of carbonyl (C=O) groups is 1. The smallest absolute Gasteiger partial charge is 0.356 e. The minimum absolute atomic E-state index is 0.0611. The van der Waals surface area contributed by atoms with E-state index in [0.29, 0.717) is 0 Å². The number of nitrogens with two attached hydrogens (primary N) is 2. The third kappa shape index (κ3) is 3.13. The topological polar surface area (TPSA) is 143 Å². The zero-order valence-electron chi connectivity index (χ0n) is 9.08. The predicted octanol–water partition coefficient (Wildman–Crippen LogP) is -0.895. The number of aliphatic hydroxyl groups excluding tert-OH is 2. The fraction of sp³-hybridized carbons (Fsp3) is 0.400. The van der Waals surface area contributed by atoms with Crippen LogP contribution in [0.1, 0.15) is 28.6 Å². The van der Waals surface area contributed by atoms with E-state index < -0.39 is 18.2 Å². The molecule has 94 valence electrons. The number of pyridine rings is 1. The van der Waals surface area contributed by atoms with Gasteiger partial charge in [-0.3, -0.25) is 0 Å². The average molecular weight is 241 g/mol. The number of hydrogen-bond donors (Lipinski definition) is 5. The van der Waals surface area contributed by atoms with E-state index in [2.05, 4.69) is 4.98 Å². The van der Waals surface area contributed by atoms with Gasteiger partial charge in [-0.1, -0.05) is 0 Å². The fourth-order valence-electron chi connectivity index (χ4n) is 1.39. The maximum atomic E-state index is 10.7. The zero-order valence-corrected chi connectivity index (χ0v) is 9.08. The second kappa shape index (κ2) is 5.58. The van der Waals surface area contributed by atoms with Crippen LogP contribution in [0.15, 0.2) is 12.3 Å². The van der Waals surface area contributed by atoms with Crippen LogP contribution in [-0.4, -0.2) is 38.9 Å². The van der Waals surface area contributed by atoms with Crippen LogP contribution < -0.4 is 11.5 Å². The van der Waals surface area contributed by atoms with E-state index in [4.69, 9.17) is 16.6 Å². The molecule has 0 aliphatic carbocycles. The third-order valence-corrected chi connectivity index (χ3v) is 2.31. The number of nitrogens with zero attached hydrogens (tertiary/aromatic N) is 1. The first-order chi connectivity index (χ1) is 7.97. The highest BCUT2D eigenvalue weighted by Gasteiger charge is 2.20. The Morgan fingerprint density at radius 1 is 1.47 bits per heavy atom. The summed E-state index contributed by atoms with van der Waals surface area (Å²) in [6.07, 6.45) is -0.820. The molecule has 1 heterocycles. The van der Waals surface area contributed by atoms with Crippen molar-refractivity contribution in [1.29, 1.82) is 0 Å². The van der Waals surface area contributed by atoms with Crippen molar-refractivity contribution in [2.24, 2.45) is 5.73 Å². The van der Waals surface area contributed by atoms with Gasteiger partial charge in [0.05, 0.1) is 11.8 Å². The van der Waals surface area contributed by atoms with Crippen molar-refractivity contribution in [2.75, 3.05) is 12.3 Å². The lowest BCUT2D eigenvalue weighted by Gasteiger charge is -2.17. The average Bonchev–Trinajstić information content (AvgIpc) is 2.27. The molecule has 0 bridgehead atoms. The summed E-state index contributed by atoms with van der Waals surface area (Å²) in [6.45, 7) is 0.231. The van der Waals surface area contributed by atoms with Gasteiger partial charge >= 0.3 is 5.97 Å². The highest BCUT2D eigenvalue weighted by molar-refractivity contribution is 5.91. The molecule has 0 aromatic carbocycles. The Labute approximate surface area is 97.7 Å². The summed E-state index contributed by atoms with van der Waals surface area (Å²) in [7, 11) is 0. The number of carboxylic acid groups (broad SMARTS) is 1. The van der Waals surface area contributed by atoms with Crippen LogP contribution in [0, 0.1) is 0 Å². The Hall–Kier alpha value is -1.70. The summed E-state index contributed by atoms with van der Waals surface area (Å²) in [5, 5.41) is 28.0. The van der Waals surface area contributed by atoms with Gasteiger partial charge in [-0.2, -0.15) is 0 Å². The van der Waals surface area contributed by atoms with Crippen molar-refractivity contribution in [3.05, 3.63) is 23.5 Å². The van der Waals surface area contributed by atoms with Crippen molar-refractivity contribution in [3.63, 3.8) is 0 Å². The first-order valence-electron chi connectivity index (χ1n) is 5.02. The molecule has 0 spiro atoms. The molecule has 0 fully saturated rings. The fourth-order valence-corrected chi connectivity index (χ4v) is 1.39. The van der Waals surface area contributed by atoms with Gasteiger partial charge in [0, 0.05) is 11.8 Å². The molecule has 0 aliphatic heterocycles. The summed E-state index contributed by atoms with van der Waals surface area (Å²) in [4.78, 5) is 14.3. The molecule has 2 atom stereocenters. The van der Waals surface area contributed by atoms with Crippen LogP contribution >= 0.6 is 0 Å². The first kappa shape index (κ1) is 13.4. The largest absolute Gasteiger partial charge is 0.476 e. The maximum Gasteiger partial charge on any atom is 0.356 e. The van der Waals surface area contributed by atoms with E-state index in [1.54, 1.807) is 0 Å². The zero-order chi connectivity index (χ0) is 13.0. The molecule has 7 N–H and O–H groups in total. The quantitative estimate of drug-likeness (QED) is 0.449. The Bertz CT molecular complexity index is 411. The van der Waals surface area contributed by atoms with Crippen molar-refractivity contribution in [3.8, 4) is 0 Å². The van der Waals surface area contributed by atoms with Gasteiger partial charge in [0.15, 0.2) is 5.69 Å². The van der Waals surface area contributed by atoms with E-state index in [1.807, 2.05) is 0 Å². The summed E-state index contributed by atoms with van der Waals surface area (Å²) in [5.74, 6) is -1.24. The number of aromatic carboxylic acids is 1. The van der Waals surface area contributed by atoms with E-state index in [-0.39, 0.29) is 29.9 Å². The molecule has 0 amide bonds. The highest BCUT2D eigenvalue weighted by Crippen LogP contribution is 2.21. The number of rotatable bonds is 5. The molecule has 0 saturated carbocycles. The van der Waals surface area contributed by atoms with Crippen LogP contribution in [0.4, 0.5) is 5.69 Å². The van der Waals surface area contributed by atoms with Gasteiger partial charge in [-0.25, -0.2) is 9.78 Å². The lowest BCUT2D eigenvalue weighted by Crippen LogP contribution is -2.22. The minimum atomic E-state index is -1.24. The number of nitrogen functional groups attached to an aromatic ring is 1. The lowest BCUT2D eigenvalue weighted by molar-refractivity contribution is 0.0148. The normalized spacial score (nSPS) is 14.3. The number of aromatic nitrogens is 1. The van der Waals surface area contributed by atoms with Gasteiger partial charge in [-0.05, 0) is 19.0 Å². The maximum absolute atomic E-state index is 10.7. The molecule has 1 aromatic rings. The Morgan fingerprint density at radius 2 is 2.12 bits per heavy atom. The Balaban J connectivity index is 2.93. The van der Waals surface area contributed by atoms with Crippen molar-refractivity contribution in [2.45, 2.75) is 18.6 Å². The standard InChI is InChI=1S/C10H15N3O4/c11-2-1-7(14)9(15)5-3-6(12)8(10(16)17)13-4-5/h3-4,7,9,14-15H,1-2,11-12H2,(H,16,17). The number of aliphatic hydroxyl groups is 2. The van der Waals surface area contributed by atoms with E-state index in [0.717, 1.165) is 0 Å². The second-order valence-corrected chi connectivity index (χ2v) is 3.60. The van der Waals surface area contributed by atoms with E-state index in [1.165, 1.54) is 12.3 Å². The van der Waals surface area contributed by atoms with Crippen LogP contribution in [0.25, 0.3) is 0 Å². The van der Waals surface area contributed by atoms with Gasteiger partial charge < -0.3 is 26.8 Å². The Morgan fingerprint density at radius 3 is 2.59 bits per heavy atom. The van der Waals surface area contributed by atoms with Gasteiger partial charge in [0.25, 0.3) is 0 Å². The van der Waals surface area contributed by atoms with Crippen LogP contribution in [-0.2, 0) is 0 Å². The van der Waals surface area contributed by atoms with Crippen molar-refractivity contribution >= 4 is 11.7 Å². The predicted molar refractivity (Wildman–Crippen MR) is 60.2 cm³/mol. The van der Waals surface area contributed by atoms with E-state index in [9.17, 15) is 15.0 Å². The lowest BCUT2D eigenvalue weighted by atomic mass is 10.0. The number of anilines is 1. The third-order valence-electron chi connectivity index (χ3n) is 2.31. The monoisotopic (exact) mass is 241 g/mol. The SMILES string of the molecule is NCCC(O)C(O)c1cnc(C(=O)O)c(N)c1. The molecule has 0 aliphatic rings. The van der Waals surface area contributed by atoms with Crippen molar-refractivity contribution < 1.29 is 20.1 Å². The van der Waals surface area contributed by atoms with Crippen molar-refractivity contribution in [1.82, 2.24) is 4.98 Å². The molecular formula is C10H15N3O4. The summed E-state index contributed by atoms with van der Waals surface area (Å²) in [5.41, 5.74) is 10.6. The van der Waals surface area contributed by atoms with Crippen LogP contribution in [0.5, 0.6) is 0 Å². The minimum Gasteiger partial charge on any atom is -0.476 e. The highest BCUT2D eigenvalue weighted by atomic mass is 16.4. The van der Waals surface area contributed by atoms with E-state index >= 15 is 0 Å². The number of carboxylic acids is 1. The molecule has 7 nitrogen and oxygen atoms in total. The molecule has 17 heavy (non-hydrogen) atoms. The van der Waals surface area contributed by atoms with Gasteiger partial charge in [-0.15, -0.1) is 0 Å². The van der Waals surface area contributed by atoms with Gasteiger partial charge in [0.2, 0.25) is 0 Å². The molecule has 0 radical (unpaired) electrons. The Kier molecular flexibility index (Phi) is 4.38. The molecule has 2 unspecified atom stereocenters. The first-order valence-corrected chi connectivity index (χ1v) is 5.02. The van der Waals surface area contributed by atoms with Crippen LogP contribution in [0.3, 0.4) is 0 Å². The van der Waals surface area contributed by atoms with Crippen LogP contribution in [0.2, 0.25) is 0 Å². The second-order valence-electron chi connectivity index (χ2n) is 3.60. The molecular weight excluding hydrogens is 226 g/mol. The summed E-state index contributed by atoms with van der Waals surface area (Å²) >= 11 is 0. The summed E-state index contributed by atoms with van der Waals surface area (Å²) < 4.78 is 0. The summed E-state index contributed by atoms with van der Waals surface area (Å²) in [6, 6.07) is 1.28. The number of hydrogen-bond acceptors (Lipinski definition) is 6. The molecule has 1 rings (SSSR count). The molecule has 0 saturated heterocycles. The van der Waals surface area contributed by atoms with Gasteiger partial charge in [0.1, 0.15) is 6.10 Å².